The molecule has 0 spiro atoms. The number of thiazole rings is 1. The zero-order chi connectivity index (χ0) is 18.8. The highest BCUT2D eigenvalue weighted by Crippen LogP contribution is 2.28. The first kappa shape index (κ1) is 17.1. The summed E-state index contributed by atoms with van der Waals surface area (Å²) in [6, 6.07) is 5.82. The molecule has 4 rings (SSSR count). The van der Waals surface area contributed by atoms with Crippen molar-refractivity contribution in [1.29, 1.82) is 0 Å². The molecule has 9 nitrogen and oxygen atoms in total. The van der Waals surface area contributed by atoms with E-state index in [0.717, 1.165) is 0 Å². The number of hydrogen-bond acceptors (Lipinski definition) is 8. The Morgan fingerprint density at radius 1 is 1.30 bits per heavy atom. The van der Waals surface area contributed by atoms with Gasteiger partial charge in [-0.05, 0) is 35.6 Å². The quantitative estimate of drug-likeness (QED) is 0.293. The summed E-state index contributed by atoms with van der Waals surface area (Å²) in [6.45, 7) is 0.458. The molecule has 3 heterocycles. The average Bonchev–Trinajstić information content (AvgIpc) is 3.34. The number of aryl methyl sites for hydroxylation is 1. The predicted molar refractivity (Wildman–Crippen MR) is 96.2 cm³/mol. The Morgan fingerprint density at radius 2 is 2.11 bits per heavy atom. The maximum Gasteiger partial charge on any atom is 0.372 e. The fraction of sp³-hybridized carbons (Fsp3) is 0.188. The summed E-state index contributed by atoms with van der Waals surface area (Å²) < 4.78 is 19.6. The van der Waals surface area contributed by atoms with Crippen LogP contribution in [0.25, 0.3) is 16.3 Å². The van der Waals surface area contributed by atoms with Gasteiger partial charge in [0, 0.05) is 23.9 Å². The number of fused-ring (bicyclic) bond motifs is 1. The Balaban J connectivity index is 1.36. The van der Waals surface area contributed by atoms with Crippen LogP contribution in [0.5, 0.6) is 0 Å². The molecule has 27 heavy (non-hydrogen) atoms. The minimum absolute atomic E-state index is 0.0809. The van der Waals surface area contributed by atoms with Crippen LogP contribution in [0.2, 0.25) is 0 Å². The number of nitro groups is 1. The summed E-state index contributed by atoms with van der Waals surface area (Å²) >= 11 is 1.33. The molecular weight excluding hydrogens is 375 g/mol. The van der Waals surface area contributed by atoms with E-state index >= 15 is 0 Å². The third-order valence-corrected chi connectivity index (χ3v) is 4.60. The first-order chi connectivity index (χ1) is 13.1. The molecule has 0 unspecified atom stereocenters. The maximum atomic E-state index is 13.0. The largest absolute Gasteiger partial charge is 0.372 e. The van der Waals surface area contributed by atoms with Gasteiger partial charge in [0.05, 0.1) is 0 Å². The van der Waals surface area contributed by atoms with E-state index in [1.165, 1.54) is 27.9 Å². The van der Waals surface area contributed by atoms with Crippen molar-refractivity contribution in [2.75, 3.05) is 11.9 Å². The van der Waals surface area contributed by atoms with Crippen molar-refractivity contribution in [2.24, 2.45) is 0 Å². The highest BCUT2D eigenvalue weighted by Gasteiger charge is 2.23. The topological polar surface area (TPSA) is 111 Å². The van der Waals surface area contributed by atoms with Gasteiger partial charge in [-0.15, -0.1) is 0 Å². The van der Waals surface area contributed by atoms with Gasteiger partial charge in [0.1, 0.15) is 12.0 Å². The molecule has 3 aromatic heterocycles. The summed E-state index contributed by atoms with van der Waals surface area (Å²) in [7, 11) is 0. The lowest BCUT2D eigenvalue weighted by molar-refractivity contribution is -0.389. The van der Waals surface area contributed by atoms with Crippen LogP contribution in [0, 0.1) is 15.9 Å². The second-order valence-electron chi connectivity index (χ2n) is 5.65. The van der Waals surface area contributed by atoms with E-state index in [1.54, 1.807) is 23.7 Å². The zero-order valence-electron chi connectivity index (χ0n) is 13.8. The molecule has 138 valence electrons. The van der Waals surface area contributed by atoms with Crippen LogP contribution >= 0.6 is 11.3 Å². The fourth-order valence-electron chi connectivity index (χ4n) is 2.59. The van der Waals surface area contributed by atoms with Crippen molar-refractivity contribution < 1.29 is 13.8 Å². The average molecular weight is 388 g/mol. The van der Waals surface area contributed by atoms with Crippen LogP contribution in [0.15, 0.2) is 40.4 Å². The highest BCUT2D eigenvalue weighted by atomic mass is 32.1. The van der Waals surface area contributed by atoms with E-state index in [4.69, 9.17) is 4.52 Å². The molecule has 0 radical (unpaired) electrons. The molecule has 0 bridgehead atoms. The van der Waals surface area contributed by atoms with Gasteiger partial charge >= 0.3 is 5.82 Å². The Morgan fingerprint density at radius 3 is 2.89 bits per heavy atom. The number of anilines is 1. The third kappa shape index (κ3) is 3.49. The molecule has 0 saturated heterocycles. The SMILES string of the molecule is O=[N+]([O-])c1c(NCCCc2nc(-c3ccc(F)cc3)no2)nc2sccn12. The van der Waals surface area contributed by atoms with Crippen molar-refractivity contribution in [3.8, 4) is 11.4 Å². The van der Waals surface area contributed by atoms with Crippen LogP contribution < -0.4 is 5.32 Å². The van der Waals surface area contributed by atoms with Crippen molar-refractivity contribution in [2.45, 2.75) is 12.8 Å². The number of nitrogens with one attached hydrogen (secondary N) is 1. The number of rotatable bonds is 7. The molecule has 0 atom stereocenters. The van der Waals surface area contributed by atoms with Gasteiger partial charge in [-0.25, -0.2) is 4.39 Å². The molecule has 0 aliphatic rings. The maximum absolute atomic E-state index is 13.0. The van der Waals surface area contributed by atoms with Crippen LogP contribution in [0.1, 0.15) is 12.3 Å². The smallest absolute Gasteiger partial charge is 0.363 e. The van der Waals surface area contributed by atoms with Gasteiger partial charge in [-0.3, -0.25) is 0 Å². The molecule has 0 saturated carbocycles. The van der Waals surface area contributed by atoms with Gasteiger partial charge in [-0.1, -0.05) is 16.5 Å². The van der Waals surface area contributed by atoms with Crippen LogP contribution in [-0.4, -0.2) is 31.0 Å². The molecule has 1 aromatic carbocycles. The lowest BCUT2D eigenvalue weighted by Crippen LogP contribution is -2.06. The minimum Gasteiger partial charge on any atom is -0.363 e. The third-order valence-electron chi connectivity index (χ3n) is 3.84. The number of benzene rings is 1. The van der Waals surface area contributed by atoms with Gasteiger partial charge in [0.2, 0.25) is 17.5 Å². The number of aromatic nitrogens is 4. The highest BCUT2D eigenvalue weighted by molar-refractivity contribution is 7.15. The predicted octanol–water partition coefficient (Wildman–Crippen LogP) is 3.54. The van der Waals surface area contributed by atoms with Crippen molar-refractivity contribution in [3.05, 3.63) is 57.7 Å². The Bertz CT molecular complexity index is 1090. The standard InChI is InChI=1S/C16H13FN6O3S/c17-11-5-3-10(4-6-11)13-19-12(26-21-13)2-1-7-18-14-15(23(24)25)22-8-9-27-16(22)20-14/h3-6,8-9,18H,1-2,7H2. The van der Waals surface area contributed by atoms with E-state index < -0.39 is 4.92 Å². The second-order valence-corrected chi connectivity index (χ2v) is 6.52. The van der Waals surface area contributed by atoms with E-state index in [2.05, 4.69) is 20.4 Å². The fourth-order valence-corrected chi connectivity index (χ4v) is 3.30. The Kier molecular flexibility index (Phi) is 4.50. The van der Waals surface area contributed by atoms with Gasteiger partial charge in [-0.2, -0.15) is 14.4 Å². The van der Waals surface area contributed by atoms with Crippen LogP contribution in [-0.2, 0) is 6.42 Å². The van der Waals surface area contributed by atoms with E-state index in [9.17, 15) is 14.5 Å². The van der Waals surface area contributed by atoms with Crippen molar-refractivity contribution in [1.82, 2.24) is 19.5 Å². The molecular formula is C16H13FN6O3S. The van der Waals surface area contributed by atoms with E-state index in [0.29, 0.717) is 41.6 Å². The molecule has 0 aliphatic heterocycles. The van der Waals surface area contributed by atoms with Gasteiger partial charge in [0.25, 0.3) is 4.96 Å². The molecule has 1 N–H and O–H groups in total. The lowest BCUT2D eigenvalue weighted by atomic mass is 10.2. The summed E-state index contributed by atoms with van der Waals surface area (Å²) in [5.74, 6) is 0.660. The molecule has 0 amide bonds. The second kappa shape index (κ2) is 7.11. The van der Waals surface area contributed by atoms with E-state index in [1.807, 2.05) is 0 Å². The lowest BCUT2D eigenvalue weighted by Gasteiger charge is -2.01. The van der Waals surface area contributed by atoms with Gasteiger partial charge in [0.15, 0.2) is 0 Å². The number of nitrogens with zero attached hydrogens (tertiary/aromatic N) is 5. The van der Waals surface area contributed by atoms with Crippen LogP contribution in [0.4, 0.5) is 16.0 Å². The Labute approximate surface area is 155 Å². The number of halogens is 1. The first-order valence-corrected chi connectivity index (χ1v) is 8.92. The summed E-state index contributed by atoms with van der Waals surface area (Å²) in [6.07, 6.45) is 2.73. The molecule has 11 heteroatoms. The van der Waals surface area contributed by atoms with Crippen molar-refractivity contribution in [3.63, 3.8) is 0 Å². The molecule has 0 fully saturated rings. The number of hydrogen-bond donors (Lipinski definition) is 1. The summed E-state index contributed by atoms with van der Waals surface area (Å²) in [5, 5.41) is 19.9. The normalized spacial score (nSPS) is 11.1. The first-order valence-electron chi connectivity index (χ1n) is 8.04. The van der Waals surface area contributed by atoms with Crippen molar-refractivity contribution >= 4 is 27.9 Å². The summed E-state index contributed by atoms with van der Waals surface area (Å²) in [4.78, 5) is 19.9. The zero-order valence-corrected chi connectivity index (χ0v) is 14.6. The summed E-state index contributed by atoms with van der Waals surface area (Å²) in [5.41, 5.74) is 0.665. The van der Waals surface area contributed by atoms with Crippen LogP contribution in [0.3, 0.4) is 0 Å². The molecule has 0 aliphatic carbocycles. The monoisotopic (exact) mass is 388 g/mol. The Hall–Kier alpha value is -3.34. The van der Waals surface area contributed by atoms with E-state index in [-0.39, 0.29) is 17.5 Å². The van der Waals surface area contributed by atoms with Gasteiger partial charge < -0.3 is 20.0 Å². The molecule has 4 aromatic rings. The minimum atomic E-state index is -0.456. The number of imidazole rings is 1.